The van der Waals surface area contributed by atoms with Crippen LogP contribution in [0.1, 0.15) is 33.1 Å². The fourth-order valence-electron chi connectivity index (χ4n) is 4.23. The number of aromatic nitrogens is 4. The second-order valence-corrected chi connectivity index (χ2v) is 8.50. The zero-order valence-corrected chi connectivity index (χ0v) is 17.6. The molecule has 8 heteroatoms. The van der Waals surface area contributed by atoms with Crippen LogP contribution in [0.5, 0.6) is 0 Å². The predicted octanol–water partition coefficient (Wildman–Crippen LogP) is 3.11. The Morgan fingerprint density at radius 3 is 2.69 bits per heavy atom. The molecular weight excluding hydrogens is 386 g/mol. The van der Waals surface area contributed by atoms with Crippen molar-refractivity contribution in [2.75, 3.05) is 5.75 Å². The predicted molar refractivity (Wildman–Crippen MR) is 115 cm³/mol. The van der Waals surface area contributed by atoms with E-state index in [9.17, 15) is 9.59 Å². The first-order chi connectivity index (χ1) is 14.0. The zero-order valence-electron chi connectivity index (χ0n) is 16.7. The minimum Gasteiger partial charge on any atom is -0.337 e. The minimum absolute atomic E-state index is 0.121. The lowest BCUT2D eigenvalue weighted by molar-refractivity contribution is -0.134. The van der Waals surface area contributed by atoms with Crippen molar-refractivity contribution in [3.63, 3.8) is 0 Å². The molecule has 0 spiro atoms. The monoisotopic (exact) mass is 411 g/mol. The molecule has 29 heavy (non-hydrogen) atoms. The summed E-state index contributed by atoms with van der Waals surface area (Å²) in [7, 11) is 0. The maximum Gasteiger partial charge on any atom is 0.263 e. The van der Waals surface area contributed by atoms with Crippen molar-refractivity contribution in [2.24, 2.45) is 0 Å². The largest absolute Gasteiger partial charge is 0.337 e. The second-order valence-electron chi connectivity index (χ2n) is 7.56. The molecule has 0 radical (unpaired) electrons. The molecule has 3 aromatic rings. The number of benzene rings is 1. The number of carbonyl (C=O) groups excluding carboxylic acids is 1. The average Bonchev–Trinajstić information content (AvgIpc) is 3.13. The summed E-state index contributed by atoms with van der Waals surface area (Å²) in [6.07, 6.45) is 4.93. The Bertz CT molecular complexity index is 1130. The van der Waals surface area contributed by atoms with Crippen LogP contribution in [0.25, 0.3) is 16.7 Å². The molecule has 2 unspecified atom stereocenters. The van der Waals surface area contributed by atoms with Crippen molar-refractivity contribution < 1.29 is 4.79 Å². The number of carbonyl (C=O) groups is 1. The van der Waals surface area contributed by atoms with Crippen LogP contribution < -0.4 is 5.56 Å². The van der Waals surface area contributed by atoms with Crippen molar-refractivity contribution in [3.8, 4) is 0 Å². The molecule has 1 aromatic carbocycles. The summed E-state index contributed by atoms with van der Waals surface area (Å²) in [5.41, 5.74) is 0.622. The van der Waals surface area contributed by atoms with Gasteiger partial charge in [-0.05, 0) is 45.2 Å². The fourth-order valence-corrected chi connectivity index (χ4v) is 5.04. The van der Waals surface area contributed by atoms with Gasteiger partial charge in [0.1, 0.15) is 0 Å². The van der Waals surface area contributed by atoms with Crippen molar-refractivity contribution in [1.29, 1.82) is 0 Å². The van der Waals surface area contributed by atoms with Crippen LogP contribution in [0.2, 0.25) is 0 Å². The number of thioether (sulfide) groups is 1. The lowest BCUT2D eigenvalue weighted by atomic mass is 9.98. The Kier molecular flexibility index (Phi) is 5.45. The van der Waals surface area contributed by atoms with Gasteiger partial charge in [0.05, 0.1) is 16.7 Å². The van der Waals surface area contributed by atoms with E-state index >= 15 is 0 Å². The molecule has 1 amide bonds. The molecule has 0 aliphatic carbocycles. The van der Waals surface area contributed by atoms with Crippen LogP contribution in [0, 0.1) is 0 Å². The highest BCUT2D eigenvalue weighted by atomic mass is 32.2. The lowest BCUT2D eigenvalue weighted by Gasteiger charge is -2.39. The molecule has 4 rings (SSSR count). The average molecular weight is 412 g/mol. The van der Waals surface area contributed by atoms with E-state index in [-0.39, 0.29) is 23.6 Å². The van der Waals surface area contributed by atoms with Gasteiger partial charge in [-0.25, -0.2) is 0 Å². The molecular formula is C21H25N5O2S. The molecule has 2 aromatic heterocycles. The number of amides is 1. The standard InChI is InChI=1S/C21H25N5O2S/c1-4-12-24-19(28)16-10-5-6-11-17(16)26-20(24)22-23-21(26)29-13-18(27)25-14(2)8-7-9-15(25)3/h4-6,10-11,14-15H,1,7-9,12-13H2,2-3H3. The third-order valence-electron chi connectivity index (χ3n) is 5.60. The summed E-state index contributed by atoms with van der Waals surface area (Å²) in [4.78, 5) is 27.8. The van der Waals surface area contributed by atoms with E-state index in [2.05, 4.69) is 30.6 Å². The Hall–Kier alpha value is -2.61. The van der Waals surface area contributed by atoms with E-state index in [1.54, 1.807) is 16.7 Å². The number of allylic oxidation sites excluding steroid dienone is 1. The van der Waals surface area contributed by atoms with Gasteiger partial charge >= 0.3 is 0 Å². The smallest absolute Gasteiger partial charge is 0.263 e. The molecule has 1 aliphatic heterocycles. The van der Waals surface area contributed by atoms with E-state index < -0.39 is 0 Å². The first kappa shape index (κ1) is 19.7. The molecule has 152 valence electrons. The van der Waals surface area contributed by atoms with Crippen LogP contribution in [0.15, 0.2) is 46.9 Å². The molecule has 1 fully saturated rings. The normalized spacial score (nSPS) is 19.7. The van der Waals surface area contributed by atoms with Gasteiger partial charge in [0, 0.05) is 18.6 Å². The van der Waals surface area contributed by atoms with Gasteiger partial charge in [0.15, 0.2) is 5.16 Å². The van der Waals surface area contributed by atoms with Gasteiger partial charge in [-0.2, -0.15) is 0 Å². The summed E-state index contributed by atoms with van der Waals surface area (Å²) < 4.78 is 3.42. The van der Waals surface area contributed by atoms with Gasteiger partial charge in [-0.1, -0.05) is 30.0 Å². The van der Waals surface area contributed by atoms with Crippen LogP contribution in [-0.2, 0) is 11.3 Å². The molecule has 0 N–H and O–H groups in total. The third-order valence-corrected chi connectivity index (χ3v) is 6.51. The highest BCUT2D eigenvalue weighted by Gasteiger charge is 2.29. The summed E-state index contributed by atoms with van der Waals surface area (Å²) in [5, 5.41) is 9.75. The second kappa shape index (κ2) is 8.02. The van der Waals surface area contributed by atoms with E-state index in [0.717, 1.165) is 18.4 Å². The summed E-state index contributed by atoms with van der Waals surface area (Å²) in [5.74, 6) is 0.878. The molecule has 0 saturated carbocycles. The van der Waals surface area contributed by atoms with Crippen molar-refractivity contribution in [3.05, 3.63) is 47.3 Å². The van der Waals surface area contributed by atoms with E-state index in [1.807, 2.05) is 27.5 Å². The fraction of sp³-hybridized carbons (Fsp3) is 0.429. The maximum atomic E-state index is 12.9. The van der Waals surface area contributed by atoms with Crippen molar-refractivity contribution >= 4 is 34.3 Å². The van der Waals surface area contributed by atoms with E-state index in [0.29, 0.717) is 28.6 Å². The first-order valence-electron chi connectivity index (χ1n) is 9.94. The van der Waals surface area contributed by atoms with Gasteiger partial charge in [-0.15, -0.1) is 16.8 Å². The topological polar surface area (TPSA) is 72.5 Å². The zero-order chi connectivity index (χ0) is 20.5. The summed E-state index contributed by atoms with van der Waals surface area (Å²) in [6.45, 7) is 8.32. The van der Waals surface area contributed by atoms with E-state index in [1.165, 1.54) is 18.2 Å². The number of nitrogens with zero attached hydrogens (tertiary/aromatic N) is 5. The Balaban J connectivity index is 1.71. The first-order valence-corrected chi connectivity index (χ1v) is 10.9. The number of likely N-dealkylation sites (tertiary alicyclic amines) is 1. The molecule has 1 saturated heterocycles. The minimum atomic E-state index is -0.121. The number of fused-ring (bicyclic) bond motifs is 3. The van der Waals surface area contributed by atoms with Crippen molar-refractivity contribution in [1.82, 2.24) is 24.1 Å². The Morgan fingerprint density at radius 2 is 1.97 bits per heavy atom. The molecule has 7 nitrogen and oxygen atoms in total. The van der Waals surface area contributed by atoms with Gasteiger partial charge in [0.25, 0.3) is 5.56 Å². The highest BCUT2D eigenvalue weighted by molar-refractivity contribution is 7.99. The number of piperidine rings is 1. The SMILES string of the molecule is C=CCn1c(=O)c2ccccc2n2c(SCC(=O)N3C(C)CCCC3C)nnc12. The Labute approximate surface area is 173 Å². The molecule has 2 atom stereocenters. The lowest BCUT2D eigenvalue weighted by Crippen LogP contribution is -2.48. The molecule has 3 heterocycles. The highest BCUT2D eigenvalue weighted by Crippen LogP contribution is 2.26. The number of rotatable bonds is 5. The van der Waals surface area contributed by atoms with Gasteiger partial charge < -0.3 is 4.90 Å². The number of hydrogen-bond acceptors (Lipinski definition) is 5. The van der Waals surface area contributed by atoms with E-state index in [4.69, 9.17) is 0 Å². The van der Waals surface area contributed by atoms with Crippen LogP contribution in [0.3, 0.4) is 0 Å². The number of hydrogen-bond donors (Lipinski definition) is 0. The Morgan fingerprint density at radius 1 is 1.24 bits per heavy atom. The van der Waals surface area contributed by atoms with Gasteiger partial charge in [-0.3, -0.25) is 18.6 Å². The molecule has 1 aliphatic rings. The molecule has 0 bridgehead atoms. The van der Waals surface area contributed by atoms with Crippen molar-refractivity contribution in [2.45, 2.75) is 56.9 Å². The van der Waals surface area contributed by atoms with Crippen LogP contribution in [0.4, 0.5) is 0 Å². The maximum absolute atomic E-state index is 12.9. The number of para-hydroxylation sites is 1. The van der Waals surface area contributed by atoms with Crippen LogP contribution >= 0.6 is 11.8 Å². The summed E-state index contributed by atoms with van der Waals surface area (Å²) in [6, 6.07) is 7.93. The quantitative estimate of drug-likeness (QED) is 0.476. The van der Waals surface area contributed by atoms with Crippen LogP contribution in [-0.4, -0.2) is 47.8 Å². The van der Waals surface area contributed by atoms with Gasteiger partial charge in [0.2, 0.25) is 11.7 Å². The third kappa shape index (κ3) is 3.46. The summed E-state index contributed by atoms with van der Waals surface area (Å²) >= 11 is 1.37.